The van der Waals surface area contributed by atoms with Gasteiger partial charge in [-0.1, -0.05) is 31.5 Å². The van der Waals surface area contributed by atoms with Gasteiger partial charge in [-0.2, -0.15) is 0 Å². The van der Waals surface area contributed by atoms with Crippen LogP contribution >= 0.6 is 11.6 Å². The first-order chi connectivity index (χ1) is 9.09. The van der Waals surface area contributed by atoms with Gasteiger partial charge in [0.05, 0.1) is 0 Å². The molecule has 1 saturated heterocycles. The van der Waals surface area contributed by atoms with Gasteiger partial charge in [0.15, 0.2) is 0 Å². The third kappa shape index (κ3) is 2.50. The van der Waals surface area contributed by atoms with E-state index in [1.807, 2.05) is 13.8 Å². The zero-order chi connectivity index (χ0) is 14.0. The van der Waals surface area contributed by atoms with Crippen LogP contribution in [0.25, 0.3) is 0 Å². The normalized spacial score (nSPS) is 26.9. The molecule has 1 atom stereocenters. The van der Waals surface area contributed by atoms with Gasteiger partial charge in [-0.25, -0.2) is 0 Å². The van der Waals surface area contributed by atoms with Crippen LogP contribution in [-0.2, 0) is 9.59 Å². The number of amides is 2. The number of piperazine rings is 1. The van der Waals surface area contributed by atoms with Crippen molar-refractivity contribution in [3.8, 4) is 0 Å². The van der Waals surface area contributed by atoms with Crippen molar-refractivity contribution in [3.63, 3.8) is 0 Å². The monoisotopic (exact) mass is 284 g/mol. The summed E-state index contributed by atoms with van der Waals surface area (Å²) in [7, 11) is 0. The molecular formula is C14H21ClN2O2. The van der Waals surface area contributed by atoms with Gasteiger partial charge in [0, 0.05) is 12.1 Å². The van der Waals surface area contributed by atoms with E-state index in [4.69, 9.17) is 11.6 Å². The Kier molecular flexibility index (Phi) is 4.19. The highest BCUT2D eigenvalue weighted by Crippen LogP contribution is 2.39. The minimum Gasteiger partial charge on any atom is -0.340 e. The molecule has 4 nitrogen and oxygen atoms in total. The standard InChI is InChI=1S/C14H21ClN2O2/c1-3-14(4-2)13(19)17(9-5-8-15)11(10-6-7-10)12(18)16-14/h5,8,10-11H,3-4,6-7,9H2,1-2H3,(H,16,18)/b8-5+. The molecular weight excluding hydrogens is 264 g/mol. The number of rotatable bonds is 5. The van der Waals surface area contributed by atoms with Gasteiger partial charge < -0.3 is 10.2 Å². The quantitative estimate of drug-likeness (QED) is 0.840. The molecule has 2 amide bonds. The average molecular weight is 285 g/mol. The molecule has 1 N–H and O–H groups in total. The van der Waals surface area contributed by atoms with Crippen LogP contribution in [0.4, 0.5) is 0 Å². The Bertz CT molecular complexity index is 400. The molecule has 0 aromatic rings. The zero-order valence-corrected chi connectivity index (χ0v) is 12.2. The van der Waals surface area contributed by atoms with E-state index in [1.165, 1.54) is 5.54 Å². The number of halogens is 1. The third-order valence-electron chi connectivity index (χ3n) is 4.30. The van der Waals surface area contributed by atoms with Gasteiger partial charge in [0.2, 0.25) is 11.8 Å². The lowest BCUT2D eigenvalue weighted by Crippen LogP contribution is -2.70. The van der Waals surface area contributed by atoms with Gasteiger partial charge in [0.1, 0.15) is 11.6 Å². The number of hydrogen-bond donors (Lipinski definition) is 1. The van der Waals surface area contributed by atoms with Crippen molar-refractivity contribution in [3.05, 3.63) is 11.6 Å². The first-order valence-electron chi connectivity index (χ1n) is 6.98. The largest absolute Gasteiger partial charge is 0.340 e. The van der Waals surface area contributed by atoms with Crippen LogP contribution in [-0.4, -0.2) is 34.8 Å². The summed E-state index contributed by atoms with van der Waals surface area (Å²) in [6.45, 7) is 4.29. The van der Waals surface area contributed by atoms with Crippen LogP contribution in [0.2, 0.25) is 0 Å². The highest BCUT2D eigenvalue weighted by Gasteiger charge is 2.52. The summed E-state index contributed by atoms with van der Waals surface area (Å²) in [5.41, 5.74) is 0.673. The zero-order valence-electron chi connectivity index (χ0n) is 11.5. The molecule has 1 aliphatic carbocycles. The predicted octanol–water partition coefficient (Wildman–Crippen LogP) is 2.03. The number of carbonyl (C=O) groups excluding carboxylic acids is 2. The molecule has 106 valence electrons. The minimum atomic E-state index is -0.734. The van der Waals surface area contributed by atoms with E-state index in [1.54, 1.807) is 11.0 Å². The van der Waals surface area contributed by atoms with Gasteiger partial charge in [-0.3, -0.25) is 9.59 Å². The number of hydrogen-bond acceptors (Lipinski definition) is 2. The van der Waals surface area contributed by atoms with Gasteiger partial charge in [0.25, 0.3) is 0 Å². The summed E-state index contributed by atoms with van der Waals surface area (Å²) in [6, 6.07) is -0.313. The maximum absolute atomic E-state index is 12.7. The number of nitrogens with zero attached hydrogens (tertiary/aromatic N) is 1. The second-order valence-electron chi connectivity index (χ2n) is 5.38. The third-order valence-corrected chi connectivity index (χ3v) is 4.48. The number of nitrogens with one attached hydrogen (secondary N) is 1. The van der Waals surface area contributed by atoms with Crippen molar-refractivity contribution in [2.45, 2.75) is 51.1 Å². The summed E-state index contributed by atoms with van der Waals surface area (Å²) in [4.78, 5) is 26.8. The van der Waals surface area contributed by atoms with Gasteiger partial charge in [-0.05, 0) is 31.6 Å². The summed E-state index contributed by atoms with van der Waals surface area (Å²) >= 11 is 5.57. The molecule has 1 unspecified atom stereocenters. The van der Waals surface area contributed by atoms with E-state index in [2.05, 4.69) is 5.32 Å². The lowest BCUT2D eigenvalue weighted by molar-refractivity contribution is -0.155. The predicted molar refractivity (Wildman–Crippen MR) is 74.7 cm³/mol. The molecule has 0 spiro atoms. The molecule has 1 heterocycles. The van der Waals surface area contributed by atoms with Crippen molar-refractivity contribution < 1.29 is 9.59 Å². The van der Waals surface area contributed by atoms with E-state index in [-0.39, 0.29) is 17.9 Å². The molecule has 1 aliphatic heterocycles. The highest BCUT2D eigenvalue weighted by atomic mass is 35.5. The summed E-state index contributed by atoms with van der Waals surface area (Å²) < 4.78 is 0. The van der Waals surface area contributed by atoms with Crippen LogP contribution in [0.5, 0.6) is 0 Å². The molecule has 0 aromatic carbocycles. The Morgan fingerprint density at radius 1 is 1.37 bits per heavy atom. The van der Waals surface area contributed by atoms with Crippen molar-refractivity contribution in [2.75, 3.05) is 6.54 Å². The van der Waals surface area contributed by atoms with Crippen molar-refractivity contribution in [2.24, 2.45) is 5.92 Å². The van der Waals surface area contributed by atoms with Crippen LogP contribution in [0.1, 0.15) is 39.5 Å². The second kappa shape index (κ2) is 5.53. The molecule has 2 rings (SSSR count). The SMILES string of the molecule is CCC1(CC)NC(=O)C(C2CC2)N(C/C=C/Cl)C1=O. The fourth-order valence-electron chi connectivity index (χ4n) is 2.87. The first-order valence-corrected chi connectivity index (χ1v) is 7.41. The fourth-order valence-corrected chi connectivity index (χ4v) is 2.95. The molecule has 1 saturated carbocycles. The topological polar surface area (TPSA) is 49.4 Å². The van der Waals surface area contributed by atoms with Gasteiger partial charge in [-0.15, -0.1) is 0 Å². The second-order valence-corrected chi connectivity index (χ2v) is 5.63. The average Bonchev–Trinajstić information content (AvgIpc) is 3.23. The van der Waals surface area contributed by atoms with E-state index in [9.17, 15) is 9.59 Å². The van der Waals surface area contributed by atoms with E-state index in [0.29, 0.717) is 25.3 Å². The molecule has 2 fully saturated rings. The Labute approximate surface area is 119 Å². The molecule has 2 aliphatic rings. The van der Waals surface area contributed by atoms with Crippen LogP contribution in [0, 0.1) is 5.92 Å². The molecule has 0 radical (unpaired) electrons. The van der Waals surface area contributed by atoms with Crippen LogP contribution in [0.3, 0.4) is 0 Å². The highest BCUT2D eigenvalue weighted by molar-refractivity contribution is 6.25. The van der Waals surface area contributed by atoms with E-state index < -0.39 is 5.54 Å². The van der Waals surface area contributed by atoms with Crippen molar-refractivity contribution >= 4 is 23.4 Å². The lowest BCUT2D eigenvalue weighted by Gasteiger charge is -2.45. The Balaban J connectivity index is 2.29. The molecule has 0 bridgehead atoms. The maximum atomic E-state index is 12.7. The van der Waals surface area contributed by atoms with Crippen LogP contribution in [0.15, 0.2) is 11.6 Å². The molecule has 5 heteroatoms. The summed E-state index contributed by atoms with van der Waals surface area (Å²) in [5, 5.41) is 2.97. The Morgan fingerprint density at radius 2 is 2.00 bits per heavy atom. The lowest BCUT2D eigenvalue weighted by atomic mass is 9.86. The van der Waals surface area contributed by atoms with Crippen molar-refractivity contribution in [1.29, 1.82) is 0 Å². The van der Waals surface area contributed by atoms with Crippen molar-refractivity contribution in [1.82, 2.24) is 10.2 Å². The fraction of sp³-hybridized carbons (Fsp3) is 0.714. The summed E-state index contributed by atoms with van der Waals surface area (Å²) in [6.07, 6.45) is 5.01. The minimum absolute atomic E-state index is 0.00577. The Morgan fingerprint density at radius 3 is 2.47 bits per heavy atom. The Hall–Kier alpha value is -1.03. The van der Waals surface area contributed by atoms with Crippen LogP contribution < -0.4 is 5.32 Å². The maximum Gasteiger partial charge on any atom is 0.249 e. The molecule has 0 aromatic heterocycles. The number of carbonyl (C=O) groups is 2. The first kappa shape index (κ1) is 14.4. The van der Waals surface area contributed by atoms with Gasteiger partial charge >= 0.3 is 0 Å². The smallest absolute Gasteiger partial charge is 0.249 e. The van der Waals surface area contributed by atoms with E-state index in [0.717, 1.165) is 12.8 Å². The van der Waals surface area contributed by atoms with E-state index >= 15 is 0 Å². The molecule has 19 heavy (non-hydrogen) atoms. The summed E-state index contributed by atoms with van der Waals surface area (Å²) in [5.74, 6) is 0.344.